The molecule has 0 heterocycles. The van der Waals surface area contributed by atoms with Gasteiger partial charge < -0.3 is 10.5 Å². The van der Waals surface area contributed by atoms with Crippen LogP contribution in [0.25, 0.3) is 5.70 Å². The number of hydrogen-bond donors (Lipinski definition) is 2. The van der Waals surface area contributed by atoms with Crippen LogP contribution in [0.4, 0.5) is 0 Å². The van der Waals surface area contributed by atoms with Crippen LogP contribution in [-0.4, -0.2) is 29.8 Å². The van der Waals surface area contributed by atoms with Crippen molar-refractivity contribution >= 4 is 5.70 Å². The molecular formula is C13H20N2O. The lowest BCUT2D eigenvalue weighted by atomic mass is 10.2. The van der Waals surface area contributed by atoms with Crippen molar-refractivity contribution < 1.29 is 5.11 Å². The Morgan fingerprint density at radius 2 is 2.00 bits per heavy atom. The second-order valence-corrected chi connectivity index (χ2v) is 3.67. The van der Waals surface area contributed by atoms with Crippen molar-refractivity contribution in [2.75, 3.05) is 19.7 Å². The molecule has 0 radical (unpaired) electrons. The molecule has 0 spiro atoms. The third-order valence-electron chi connectivity index (χ3n) is 2.28. The Bertz CT molecular complexity index is 305. The van der Waals surface area contributed by atoms with Crippen LogP contribution in [-0.2, 0) is 0 Å². The van der Waals surface area contributed by atoms with Gasteiger partial charge in [-0.1, -0.05) is 43.8 Å². The van der Waals surface area contributed by atoms with Crippen molar-refractivity contribution in [2.45, 2.75) is 13.3 Å². The van der Waals surface area contributed by atoms with Crippen LogP contribution < -0.4 is 5.43 Å². The minimum Gasteiger partial charge on any atom is -0.395 e. The summed E-state index contributed by atoms with van der Waals surface area (Å²) in [7, 11) is 0. The first-order chi connectivity index (χ1) is 7.77. The van der Waals surface area contributed by atoms with E-state index in [0.717, 1.165) is 24.2 Å². The van der Waals surface area contributed by atoms with Gasteiger partial charge in [0.05, 0.1) is 6.61 Å². The molecule has 0 aliphatic carbocycles. The Morgan fingerprint density at radius 1 is 1.31 bits per heavy atom. The number of aliphatic hydroxyl groups excluding tert-OH is 1. The van der Waals surface area contributed by atoms with Gasteiger partial charge in [-0.2, -0.15) is 0 Å². The SMILES string of the molecule is C=C(NN(CCC)CCO)c1ccccc1. The molecule has 0 aromatic heterocycles. The number of hydrogen-bond acceptors (Lipinski definition) is 3. The second kappa shape index (κ2) is 7.04. The van der Waals surface area contributed by atoms with Gasteiger partial charge in [0.1, 0.15) is 0 Å². The molecule has 0 atom stereocenters. The van der Waals surface area contributed by atoms with Crippen LogP contribution in [0.3, 0.4) is 0 Å². The number of aliphatic hydroxyl groups is 1. The number of benzene rings is 1. The Balaban J connectivity index is 2.54. The van der Waals surface area contributed by atoms with Crippen LogP contribution in [0.5, 0.6) is 0 Å². The molecule has 0 bridgehead atoms. The lowest BCUT2D eigenvalue weighted by Crippen LogP contribution is -2.39. The van der Waals surface area contributed by atoms with Gasteiger partial charge in [0.25, 0.3) is 0 Å². The van der Waals surface area contributed by atoms with E-state index in [2.05, 4.69) is 18.9 Å². The highest BCUT2D eigenvalue weighted by molar-refractivity contribution is 5.60. The molecule has 0 aliphatic heterocycles. The molecule has 16 heavy (non-hydrogen) atoms. The van der Waals surface area contributed by atoms with E-state index in [1.54, 1.807) is 0 Å². The largest absolute Gasteiger partial charge is 0.395 e. The van der Waals surface area contributed by atoms with Crippen molar-refractivity contribution in [1.82, 2.24) is 10.4 Å². The van der Waals surface area contributed by atoms with Crippen molar-refractivity contribution in [2.24, 2.45) is 0 Å². The van der Waals surface area contributed by atoms with Crippen LogP contribution >= 0.6 is 0 Å². The van der Waals surface area contributed by atoms with Gasteiger partial charge in [-0.15, -0.1) is 0 Å². The first-order valence-electron chi connectivity index (χ1n) is 5.64. The van der Waals surface area contributed by atoms with E-state index in [1.165, 1.54) is 0 Å². The quantitative estimate of drug-likeness (QED) is 0.689. The standard InChI is InChI=1S/C13H20N2O/c1-3-9-15(10-11-16)14-12(2)13-7-5-4-6-8-13/h4-8,14,16H,2-3,9-11H2,1H3. The minimum absolute atomic E-state index is 0.148. The second-order valence-electron chi connectivity index (χ2n) is 3.67. The molecule has 2 N–H and O–H groups in total. The summed E-state index contributed by atoms with van der Waals surface area (Å²) in [5, 5.41) is 10.9. The molecule has 0 aliphatic rings. The van der Waals surface area contributed by atoms with Crippen LogP contribution in [0.2, 0.25) is 0 Å². The number of rotatable bonds is 7. The molecule has 0 saturated carbocycles. The van der Waals surface area contributed by atoms with Crippen molar-refractivity contribution in [3.05, 3.63) is 42.5 Å². The lowest BCUT2D eigenvalue weighted by molar-refractivity contribution is 0.169. The van der Waals surface area contributed by atoms with E-state index >= 15 is 0 Å². The molecule has 0 amide bonds. The van der Waals surface area contributed by atoms with Gasteiger partial charge in [-0.05, 0) is 12.0 Å². The molecule has 1 rings (SSSR count). The van der Waals surface area contributed by atoms with Crippen molar-refractivity contribution in [3.8, 4) is 0 Å². The summed E-state index contributed by atoms with van der Waals surface area (Å²) in [4.78, 5) is 0. The topological polar surface area (TPSA) is 35.5 Å². The maximum absolute atomic E-state index is 8.94. The zero-order valence-electron chi connectivity index (χ0n) is 9.82. The van der Waals surface area contributed by atoms with Gasteiger partial charge in [0, 0.05) is 18.8 Å². The molecule has 0 saturated heterocycles. The summed E-state index contributed by atoms with van der Waals surface area (Å²) >= 11 is 0. The highest BCUT2D eigenvalue weighted by atomic mass is 16.3. The summed E-state index contributed by atoms with van der Waals surface area (Å²) in [5.41, 5.74) is 5.15. The number of nitrogens with one attached hydrogen (secondary N) is 1. The van der Waals surface area contributed by atoms with E-state index in [4.69, 9.17) is 5.11 Å². The van der Waals surface area contributed by atoms with Gasteiger partial charge in [-0.25, -0.2) is 5.01 Å². The zero-order valence-corrected chi connectivity index (χ0v) is 9.82. The van der Waals surface area contributed by atoms with Gasteiger partial charge >= 0.3 is 0 Å². The number of nitrogens with zero attached hydrogens (tertiary/aromatic N) is 1. The van der Waals surface area contributed by atoms with E-state index < -0.39 is 0 Å². The molecule has 3 nitrogen and oxygen atoms in total. The first kappa shape index (κ1) is 12.7. The molecule has 1 aromatic carbocycles. The highest BCUT2D eigenvalue weighted by Gasteiger charge is 2.04. The summed E-state index contributed by atoms with van der Waals surface area (Å²) < 4.78 is 0. The van der Waals surface area contributed by atoms with Crippen LogP contribution in [0.1, 0.15) is 18.9 Å². The first-order valence-corrected chi connectivity index (χ1v) is 5.64. The lowest BCUT2D eigenvalue weighted by Gasteiger charge is -2.24. The Hall–Kier alpha value is -1.32. The monoisotopic (exact) mass is 220 g/mol. The smallest absolute Gasteiger partial charge is 0.0576 e. The van der Waals surface area contributed by atoms with Gasteiger partial charge in [-0.3, -0.25) is 0 Å². The molecule has 88 valence electrons. The maximum Gasteiger partial charge on any atom is 0.0576 e. The number of hydrazine groups is 1. The fraction of sp³-hybridized carbons (Fsp3) is 0.385. The third kappa shape index (κ3) is 4.04. The predicted molar refractivity (Wildman–Crippen MR) is 67.6 cm³/mol. The fourth-order valence-corrected chi connectivity index (χ4v) is 1.51. The minimum atomic E-state index is 0.148. The van der Waals surface area contributed by atoms with E-state index in [0.29, 0.717) is 6.54 Å². The average Bonchev–Trinajstić information content (AvgIpc) is 2.31. The predicted octanol–water partition coefficient (Wildman–Crippen LogP) is 1.87. The summed E-state index contributed by atoms with van der Waals surface area (Å²) in [6, 6.07) is 9.97. The Morgan fingerprint density at radius 3 is 2.56 bits per heavy atom. The van der Waals surface area contributed by atoms with E-state index in [-0.39, 0.29) is 6.61 Å². The molecular weight excluding hydrogens is 200 g/mol. The molecule has 1 aromatic rings. The normalized spacial score (nSPS) is 10.4. The zero-order chi connectivity index (χ0) is 11.8. The molecule has 0 unspecified atom stereocenters. The van der Waals surface area contributed by atoms with Gasteiger partial charge in [0.2, 0.25) is 0 Å². The van der Waals surface area contributed by atoms with Crippen molar-refractivity contribution in [3.63, 3.8) is 0 Å². The van der Waals surface area contributed by atoms with E-state index in [1.807, 2.05) is 35.3 Å². The van der Waals surface area contributed by atoms with Crippen molar-refractivity contribution in [1.29, 1.82) is 0 Å². The van der Waals surface area contributed by atoms with E-state index in [9.17, 15) is 0 Å². The highest BCUT2D eigenvalue weighted by Crippen LogP contribution is 2.08. The average molecular weight is 220 g/mol. The summed E-state index contributed by atoms with van der Waals surface area (Å²) in [6.07, 6.45) is 1.04. The van der Waals surface area contributed by atoms with Crippen LogP contribution in [0.15, 0.2) is 36.9 Å². The Kier molecular flexibility index (Phi) is 5.61. The fourth-order valence-electron chi connectivity index (χ4n) is 1.51. The summed E-state index contributed by atoms with van der Waals surface area (Å²) in [5.74, 6) is 0. The molecule has 0 fully saturated rings. The molecule has 3 heteroatoms. The van der Waals surface area contributed by atoms with Gasteiger partial charge in [0.15, 0.2) is 0 Å². The van der Waals surface area contributed by atoms with Crippen LogP contribution in [0, 0.1) is 0 Å². The summed E-state index contributed by atoms with van der Waals surface area (Å²) in [6.45, 7) is 7.76. The Labute approximate surface area is 97.4 Å². The third-order valence-corrected chi connectivity index (χ3v) is 2.28. The maximum atomic E-state index is 8.94.